The Morgan fingerprint density at radius 2 is 1.58 bits per heavy atom. The van der Waals surface area contributed by atoms with E-state index in [4.69, 9.17) is 37.4 Å². The zero-order chi connectivity index (χ0) is 36.3. The number of carbonyl (C=O) groups excluding carboxylic acids is 1. The summed E-state index contributed by atoms with van der Waals surface area (Å²) in [6.45, 7) is 6.60. The van der Waals surface area contributed by atoms with Crippen LogP contribution in [0.4, 0.5) is 4.39 Å². The Morgan fingerprint density at radius 1 is 0.846 bits per heavy atom. The lowest BCUT2D eigenvalue weighted by Crippen LogP contribution is -2.47. The summed E-state index contributed by atoms with van der Waals surface area (Å²) in [5, 5.41) is 1.07. The zero-order valence-electron chi connectivity index (χ0n) is 28.9. The third kappa shape index (κ3) is 10.6. The molecule has 5 aromatic rings. The fourth-order valence-corrected chi connectivity index (χ4v) is 6.35. The first-order chi connectivity index (χ1) is 25.3. The second-order valence-electron chi connectivity index (χ2n) is 12.6. The third-order valence-corrected chi connectivity index (χ3v) is 9.39. The fraction of sp³-hybridized carbons (Fsp3) is 0.238. The first-order valence-electron chi connectivity index (χ1n) is 17.2. The molecule has 1 amide bonds. The van der Waals surface area contributed by atoms with E-state index in [0.717, 1.165) is 49.2 Å². The first kappa shape index (κ1) is 36.9. The number of ether oxygens (including phenoxy) is 3. The van der Waals surface area contributed by atoms with Gasteiger partial charge in [-0.1, -0.05) is 65.7 Å². The van der Waals surface area contributed by atoms with E-state index in [-0.39, 0.29) is 11.7 Å². The van der Waals surface area contributed by atoms with E-state index in [2.05, 4.69) is 34.1 Å². The van der Waals surface area contributed by atoms with Crippen LogP contribution in [-0.4, -0.2) is 53.5 Å². The minimum Gasteiger partial charge on any atom is -0.494 e. The molecule has 7 nitrogen and oxygen atoms in total. The maximum Gasteiger partial charge on any atom is 0.246 e. The Hall–Kier alpha value is -4.89. The number of carbonyl (C=O) groups is 1. The van der Waals surface area contributed by atoms with Crippen LogP contribution >= 0.6 is 23.2 Å². The molecule has 0 radical (unpaired) electrons. The predicted octanol–water partition coefficient (Wildman–Crippen LogP) is 9.58. The molecule has 52 heavy (non-hydrogen) atoms. The standard InChI is InChI=1S/C42H40Cl2FN3O4/c1-30-25-33(26-39(44)42(30)52-40-18-17-37(27-46-40)51-29-34-6-2-3-7-38(34)43)12-19-41(49)48-22-20-47(21-23-48)28-32-10-8-31(9-11-32)5-4-24-50-36-15-13-35(45)14-16-36/h2-3,6-19,25-27H,4-5,20-24,28-29H2,1H3. The Balaban J connectivity index is 0.921. The second-order valence-corrected chi connectivity index (χ2v) is 13.4. The molecule has 0 N–H and O–H groups in total. The number of benzene rings is 4. The number of nitrogens with zero attached hydrogens (tertiary/aromatic N) is 3. The highest BCUT2D eigenvalue weighted by molar-refractivity contribution is 6.32. The van der Waals surface area contributed by atoms with E-state index in [1.807, 2.05) is 42.2 Å². The molecule has 0 unspecified atom stereocenters. The molecular weight excluding hydrogens is 700 g/mol. The van der Waals surface area contributed by atoms with Gasteiger partial charge in [0.15, 0.2) is 5.75 Å². The number of hydrogen-bond acceptors (Lipinski definition) is 6. The van der Waals surface area contributed by atoms with Crippen LogP contribution in [0, 0.1) is 12.7 Å². The normalized spacial score (nSPS) is 13.3. The highest BCUT2D eigenvalue weighted by Crippen LogP contribution is 2.34. The molecule has 4 aromatic carbocycles. The van der Waals surface area contributed by atoms with Crippen molar-refractivity contribution >= 4 is 35.2 Å². The van der Waals surface area contributed by atoms with Crippen molar-refractivity contribution in [3.8, 4) is 23.1 Å². The smallest absolute Gasteiger partial charge is 0.246 e. The summed E-state index contributed by atoms with van der Waals surface area (Å²) < 4.78 is 30.6. The number of halogens is 3. The molecule has 1 fully saturated rings. The molecule has 1 aliphatic heterocycles. The molecule has 0 bridgehead atoms. The van der Waals surface area contributed by atoms with E-state index in [1.54, 1.807) is 48.7 Å². The molecule has 268 valence electrons. The van der Waals surface area contributed by atoms with Gasteiger partial charge < -0.3 is 19.1 Å². The van der Waals surface area contributed by atoms with Crippen molar-refractivity contribution in [1.82, 2.24) is 14.8 Å². The van der Waals surface area contributed by atoms with Gasteiger partial charge in [-0.05, 0) is 96.6 Å². The first-order valence-corrected chi connectivity index (χ1v) is 18.0. The maximum atomic E-state index is 13.0. The molecule has 1 saturated heterocycles. The molecule has 0 saturated carbocycles. The van der Waals surface area contributed by atoms with Crippen molar-refractivity contribution in [2.24, 2.45) is 0 Å². The molecule has 10 heteroatoms. The quantitative estimate of drug-likeness (QED) is 0.0835. The highest BCUT2D eigenvalue weighted by atomic mass is 35.5. The summed E-state index contributed by atoms with van der Waals surface area (Å²) in [6, 6.07) is 29.5. The Labute approximate surface area is 314 Å². The van der Waals surface area contributed by atoms with Gasteiger partial charge in [-0.15, -0.1) is 0 Å². The number of rotatable bonds is 14. The van der Waals surface area contributed by atoms with E-state index in [9.17, 15) is 9.18 Å². The largest absolute Gasteiger partial charge is 0.494 e. The average molecular weight is 741 g/mol. The van der Waals surface area contributed by atoms with E-state index in [1.165, 1.54) is 23.3 Å². The van der Waals surface area contributed by atoms with Crippen LogP contribution in [0.1, 0.15) is 34.2 Å². The van der Waals surface area contributed by atoms with Gasteiger partial charge in [-0.2, -0.15) is 0 Å². The molecule has 6 rings (SSSR count). The van der Waals surface area contributed by atoms with Gasteiger partial charge in [0.1, 0.15) is 23.9 Å². The topological polar surface area (TPSA) is 64.1 Å². The van der Waals surface area contributed by atoms with Crippen LogP contribution in [0.2, 0.25) is 10.0 Å². The lowest BCUT2D eigenvalue weighted by Gasteiger charge is -2.34. The molecular formula is C42H40Cl2FN3O4. The zero-order valence-corrected chi connectivity index (χ0v) is 30.5. The van der Waals surface area contributed by atoms with E-state index >= 15 is 0 Å². The SMILES string of the molecule is Cc1cc(C=CC(=O)N2CCN(Cc3ccc(CCCOc4ccc(F)cc4)cc3)CC2)cc(Cl)c1Oc1ccc(OCc2ccccc2Cl)cn1. The molecule has 1 aromatic heterocycles. The van der Waals surface area contributed by atoms with Gasteiger partial charge in [0.2, 0.25) is 11.8 Å². The van der Waals surface area contributed by atoms with Gasteiger partial charge in [-0.25, -0.2) is 9.37 Å². The molecule has 2 heterocycles. The van der Waals surface area contributed by atoms with Crippen LogP contribution in [0.25, 0.3) is 6.08 Å². The lowest BCUT2D eigenvalue weighted by atomic mass is 10.1. The summed E-state index contributed by atoms with van der Waals surface area (Å²) in [7, 11) is 0. The van der Waals surface area contributed by atoms with Crippen molar-refractivity contribution < 1.29 is 23.4 Å². The highest BCUT2D eigenvalue weighted by Gasteiger charge is 2.20. The summed E-state index contributed by atoms with van der Waals surface area (Å²) in [6.07, 6.45) is 6.78. The number of amides is 1. The summed E-state index contributed by atoms with van der Waals surface area (Å²) in [5.74, 6) is 1.86. The molecule has 0 atom stereocenters. The van der Waals surface area contributed by atoms with Crippen molar-refractivity contribution in [3.63, 3.8) is 0 Å². The van der Waals surface area contributed by atoms with Crippen molar-refractivity contribution in [2.45, 2.75) is 32.9 Å². The van der Waals surface area contributed by atoms with Crippen LogP contribution in [-0.2, 0) is 24.4 Å². The van der Waals surface area contributed by atoms with Crippen LogP contribution in [0.3, 0.4) is 0 Å². The van der Waals surface area contributed by atoms with Crippen molar-refractivity contribution in [2.75, 3.05) is 32.8 Å². The molecule has 1 aliphatic rings. The summed E-state index contributed by atoms with van der Waals surface area (Å²) in [5.41, 5.74) is 5.02. The fourth-order valence-electron chi connectivity index (χ4n) is 5.84. The second kappa shape index (κ2) is 18.0. The van der Waals surface area contributed by atoms with Gasteiger partial charge in [-0.3, -0.25) is 9.69 Å². The van der Waals surface area contributed by atoms with Crippen molar-refractivity contribution in [3.05, 3.63) is 153 Å². The maximum absolute atomic E-state index is 13.0. The number of aryl methyl sites for hydroxylation is 2. The predicted molar refractivity (Wildman–Crippen MR) is 204 cm³/mol. The minimum atomic E-state index is -0.265. The van der Waals surface area contributed by atoms with Gasteiger partial charge in [0, 0.05) is 55.5 Å². The number of piperazine rings is 1. The molecule has 0 spiro atoms. The Kier molecular flexibility index (Phi) is 12.8. The van der Waals surface area contributed by atoms with Crippen LogP contribution in [0.5, 0.6) is 23.1 Å². The number of pyridine rings is 1. The Morgan fingerprint density at radius 3 is 2.29 bits per heavy atom. The van der Waals surface area contributed by atoms with Gasteiger partial charge in [0.05, 0.1) is 17.8 Å². The average Bonchev–Trinajstić information content (AvgIpc) is 3.16. The molecule has 0 aliphatic carbocycles. The Bertz CT molecular complexity index is 1940. The van der Waals surface area contributed by atoms with Crippen molar-refractivity contribution in [1.29, 1.82) is 0 Å². The third-order valence-electron chi connectivity index (χ3n) is 8.74. The van der Waals surface area contributed by atoms with Crippen LogP contribution in [0.15, 0.2) is 109 Å². The van der Waals surface area contributed by atoms with E-state index in [0.29, 0.717) is 59.5 Å². The number of hydrogen-bond donors (Lipinski definition) is 0. The monoisotopic (exact) mass is 739 g/mol. The van der Waals surface area contributed by atoms with Gasteiger partial charge in [0.25, 0.3) is 0 Å². The van der Waals surface area contributed by atoms with E-state index < -0.39 is 0 Å². The minimum absolute atomic E-state index is 0.0254. The summed E-state index contributed by atoms with van der Waals surface area (Å²) in [4.78, 5) is 21.7. The summed E-state index contributed by atoms with van der Waals surface area (Å²) >= 11 is 12.8. The van der Waals surface area contributed by atoms with Gasteiger partial charge >= 0.3 is 0 Å². The van der Waals surface area contributed by atoms with Crippen LogP contribution < -0.4 is 14.2 Å². The lowest BCUT2D eigenvalue weighted by molar-refractivity contribution is -0.127. The number of aromatic nitrogens is 1.